The van der Waals surface area contributed by atoms with Gasteiger partial charge in [-0.15, -0.1) is 0 Å². The minimum atomic E-state index is -0.416. The number of benzene rings is 2. The van der Waals surface area contributed by atoms with E-state index in [1.165, 1.54) is 12.1 Å². The molecule has 2 aromatic rings. The number of non-ortho nitro benzene ring substituents is 1. The average Bonchev–Trinajstić information content (AvgIpc) is 2.53. The molecular weight excluding hydrogens is 280 g/mol. The molecule has 0 heterocycles. The minimum absolute atomic E-state index is 0.0595. The van der Waals surface area contributed by atoms with Crippen molar-refractivity contribution in [3.63, 3.8) is 0 Å². The minimum Gasteiger partial charge on any atom is -0.484 e. The van der Waals surface area contributed by atoms with Gasteiger partial charge in [0, 0.05) is 18.2 Å². The molecule has 2 rings (SSSR count). The van der Waals surface area contributed by atoms with E-state index in [2.05, 4.69) is 11.8 Å². The topological polar surface area (TPSA) is 55.6 Å². The SMILES string of the molecule is CC(C(Oc1ccc([N+](=O)[O-])cc1)c1ccccc1)N(C)C. The van der Waals surface area contributed by atoms with E-state index in [4.69, 9.17) is 4.74 Å². The lowest BCUT2D eigenvalue weighted by Crippen LogP contribution is -2.34. The number of nitro groups is 1. The molecule has 0 bridgehead atoms. The lowest BCUT2D eigenvalue weighted by molar-refractivity contribution is -0.384. The molecule has 116 valence electrons. The lowest BCUT2D eigenvalue weighted by Gasteiger charge is -2.30. The monoisotopic (exact) mass is 300 g/mol. The van der Waals surface area contributed by atoms with Gasteiger partial charge in [-0.3, -0.25) is 10.1 Å². The van der Waals surface area contributed by atoms with Gasteiger partial charge < -0.3 is 9.64 Å². The second-order valence-corrected chi connectivity index (χ2v) is 5.40. The zero-order valence-electron chi connectivity index (χ0n) is 13.0. The Morgan fingerprint density at radius 2 is 1.64 bits per heavy atom. The zero-order chi connectivity index (χ0) is 16.1. The van der Waals surface area contributed by atoms with Crippen LogP contribution in [0.15, 0.2) is 54.6 Å². The molecule has 5 nitrogen and oxygen atoms in total. The summed E-state index contributed by atoms with van der Waals surface area (Å²) in [6.07, 6.45) is -0.155. The van der Waals surface area contributed by atoms with Gasteiger partial charge in [-0.05, 0) is 38.7 Å². The van der Waals surface area contributed by atoms with Crippen molar-refractivity contribution in [2.45, 2.75) is 19.1 Å². The maximum atomic E-state index is 10.7. The highest BCUT2D eigenvalue weighted by molar-refractivity contribution is 5.36. The van der Waals surface area contributed by atoms with E-state index in [1.54, 1.807) is 12.1 Å². The third-order valence-corrected chi connectivity index (χ3v) is 3.69. The van der Waals surface area contributed by atoms with Crippen LogP contribution in [0.4, 0.5) is 5.69 Å². The number of hydrogen-bond acceptors (Lipinski definition) is 4. The van der Waals surface area contributed by atoms with Crippen molar-refractivity contribution in [3.8, 4) is 5.75 Å². The first-order valence-corrected chi connectivity index (χ1v) is 7.11. The van der Waals surface area contributed by atoms with Crippen LogP contribution in [-0.2, 0) is 0 Å². The fourth-order valence-corrected chi connectivity index (χ4v) is 2.15. The van der Waals surface area contributed by atoms with Crippen molar-refractivity contribution in [2.24, 2.45) is 0 Å². The predicted octanol–water partition coefficient (Wildman–Crippen LogP) is 3.67. The summed E-state index contributed by atoms with van der Waals surface area (Å²) in [5, 5.41) is 10.7. The number of rotatable bonds is 6. The third kappa shape index (κ3) is 3.83. The van der Waals surface area contributed by atoms with E-state index >= 15 is 0 Å². The molecule has 0 saturated carbocycles. The highest BCUT2D eigenvalue weighted by Crippen LogP contribution is 2.28. The van der Waals surface area contributed by atoms with Crippen LogP contribution in [0.1, 0.15) is 18.6 Å². The number of likely N-dealkylation sites (N-methyl/N-ethyl adjacent to an activating group) is 1. The van der Waals surface area contributed by atoms with E-state index in [9.17, 15) is 10.1 Å². The van der Waals surface area contributed by atoms with Crippen LogP contribution < -0.4 is 4.74 Å². The first kappa shape index (κ1) is 16.0. The second-order valence-electron chi connectivity index (χ2n) is 5.40. The number of ether oxygens (including phenoxy) is 1. The van der Waals surface area contributed by atoms with Gasteiger partial charge >= 0.3 is 0 Å². The van der Waals surface area contributed by atoms with Crippen molar-refractivity contribution in [3.05, 3.63) is 70.3 Å². The van der Waals surface area contributed by atoms with Gasteiger partial charge in [0.2, 0.25) is 0 Å². The molecular formula is C17H20N2O3. The highest BCUT2D eigenvalue weighted by Gasteiger charge is 2.23. The van der Waals surface area contributed by atoms with Crippen molar-refractivity contribution < 1.29 is 9.66 Å². The Bertz CT molecular complexity index is 612. The largest absolute Gasteiger partial charge is 0.484 e. The van der Waals surface area contributed by atoms with Crippen LogP contribution in [0.2, 0.25) is 0 Å². The molecule has 0 aliphatic heterocycles. The standard InChI is InChI=1S/C17H20N2O3/c1-13(18(2)3)17(14-7-5-4-6-8-14)22-16-11-9-15(10-12-16)19(20)21/h4-13,17H,1-3H3. The van der Waals surface area contributed by atoms with Crippen LogP contribution in [-0.4, -0.2) is 30.0 Å². The van der Waals surface area contributed by atoms with Gasteiger partial charge in [0.05, 0.1) is 4.92 Å². The van der Waals surface area contributed by atoms with Gasteiger partial charge in [-0.25, -0.2) is 0 Å². The maximum absolute atomic E-state index is 10.7. The summed E-state index contributed by atoms with van der Waals surface area (Å²) in [7, 11) is 4.00. The van der Waals surface area contributed by atoms with Gasteiger partial charge in [-0.2, -0.15) is 0 Å². The Morgan fingerprint density at radius 1 is 1.05 bits per heavy atom. The molecule has 2 aromatic carbocycles. The molecule has 0 spiro atoms. The summed E-state index contributed by atoms with van der Waals surface area (Å²) >= 11 is 0. The van der Waals surface area contributed by atoms with E-state index in [0.29, 0.717) is 5.75 Å². The normalized spacial score (nSPS) is 13.6. The molecule has 0 amide bonds. The maximum Gasteiger partial charge on any atom is 0.269 e. The first-order valence-electron chi connectivity index (χ1n) is 7.11. The summed E-state index contributed by atoms with van der Waals surface area (Å²) in [6.45, 7) is 2.09. The molecule has 0 aliphatic rings. The summed E-state index contributed by atoms with van der Waals surface area (Å²) in [4.78, 5) is 12.4. The second kappa shape index (κ2) is 7.04. The smallest absolute Gasteiger partial charge is 0.269 e. The Hall–Kier alpha value is -2.40. The molecule has 0 aliphatic carbocycles. The van der Waals surface area contributed by atoms with Crippen LogP contribution >= 0.6 is 0 Å². The summed E-state index contributed by atoms with van der Waals surface area (Å²) in [5.41, 5.74) is 1.13. The van der Waals surface area contributed by atoms with E-state index in [1.807, 2.05) is 44.4 Å². The van der Waals surface area contributed by atoms with Gasteiger partial charge in [-0.1, -0.05) is 30.3 Å². The molecule has 5 heteroatoms. The third-order valence-electron chi connectivity index (χ3n) is 3.69. The first-order chi connectivity index (χ1) is 10.5. The van der Waals surface area contributed by atoms with Crippen LogP contribution in [0.25, 0.3) is 0 Å². The van der Waals surface area contributed by atoms with Crippen molar-refractivity contribution in [1.82, 2.24) is 4.90 Å². The number of nitrogens with zero attached hydrogens (tertiary/aromatic N) is 2. The van der Waals surface area contributed by atoms with Crippen LogP contribution in [0.3, 0.4) is 0 Å². The van der Waals surface area contributed by atoms with Crippen molar-refractivity contribution in [1.29, 1.82) is 0 Å². The molecule has 22 heavy (non-hydrogen) atoms. The Morgan fingerprint density at radius 3 is 2.14 bits per heavy atom. The van der Waals surface area contributed by atoms with E-state index in [0.717, 1.165) is 5.56 Å². The van der Waals surface area contributed by atoms with Gasteiger partial charge in [0.1, 0.15) is 11.9 Å². The van der Waals surface area contributed by atoms with Gasteiger partial charge in [0.15, 0.2) is 0 Å². The zero-order valence-corrected chi connectivity index (χ0v) is 13.0. The highest BCUT2D eigenvalue weighted by atomic mass is 16.6. The molecule has 0 fully saturated rings. The fourth-order valence-electron chi connectivity index (χ4n) is 2.15. The number of hydrogen-bond donors (Lipinski definition) is 0. The molecule has 2 atom stereocenters. The quantitative estimate of drug-likeness (QED) is 0.603. The van der Waals surface area contributed by atoms with Gasteiger partial charge in [0.25, 0.3) is 5.69 Å². The summed E-state index contributed by atoms with van der Waals surface area (Å²) < 4.78 is 6.09. The van der Waals surface area contributed by atoms with Crippen LogP contribution in [0.5, 0.6) is 5.75 Å². The van der Waals surface area contributed by atoms with Crippen molar-refractivity contribution >= 4 is 5.69 Å². The average molecular weight is 300 g/mol. The molecule has 0 radical (unpaired) electrons. The van der Waals surface area contributed by atoms with Crippen LogP contribution in [0, 0.1) is 10.1 Å². The molecule has 0 saturated heterocycles. The fraction of sp³-hybridized carbons (Fsp3) is 0.294. The van der Waals surface area contributed by atoms with E-state index < -0.39 is 4.92 Å². The molecule has 0 aromatic heterocycles. The summed E-state index contributed by atoms with van der Waals surface area (Å²) in [6, 6.07) is 16.3. The van der Waals surface area contributed by atoms with E-state index in [-0.39, 0.29) is 17.8 Å². The molecule has 0 N–H and O–H groups in total. The predicted molar refractivity (Wildman–Crippen MR) is 86.1 cm³/mol. The molecule has 2 unspecified atom stereocenters. The Balaban J connectivity index is 2.24. The number of nitro benzene ring substituents is 1. The van der Waals surface area contributed by atoms with Crippen molar-refractivity contribution in [2.75, 3.05) is 14.1 Å². The Kier molecular flexibility index (Phi) is 5.12. The summed E-state index contributed by atoms with van der Waals surface area (Å²) in [5.74, 6) is 0.619. The Labute approximate surface area is 130 Å². The lowest BCUT2D eigenvalue weighted by atomic mass is 10.0.